The molecule has 6 heteroatoms. The summed E-state index contributed by atoms with van der Waals surface area (Å²) in [6.07, 6.45) is 0.428. The molecule has 1 heterocycles. The molecule has 0 saturated carbocycles. The Morgan fingerprint density at radius 3 is 2.56 bits per heavy atom. The van der Waals surface area contributed by atoms with E-state index in [0.717, 1.165) is 28.0 Å². The van der Waals surface area contributed by atoms with Crippen LogP contribution >= 0.6 is 23.2 Å². The molecule has 27 heavy (non-hydrogen) atoms. The molecule has 2 aromatic carbocycles. The zero-order valence-electron chi connectivity index (χ0n) is 15.8. The number of nitrogens with zero attached hydrogens (tertiary/aromatic N) is 2. The zero-order chi connectivity index (χ0) is 20.1. The van der Waals surface area contributed by atoms with Crippen molar-refractivity contribution in [3.63, 3.8) is 0 Å². The first-order chi connectivity index (χ1) is 12.5. The summed E-state index contributed by atoms with van der Waals surface area (Å²) in [6.45, 7) is 8.79. The molecule has 0 atom stereocenters. The molecular weight excluding hydrogens is 384 g/mol. The van der Waals surface area contributed by atoms with Gasteiger partial charge in [-0.15, -0.1) is 0 Å². The summed E-state index contributed by atoms with van der Waals surface area (Å²) in [7, 11) is 1.91. The van der Waals surface area contributed by atoms with E-state index in [1.165, 1.54) is 0 Å². The van der Waals surface area contributed by atoms with Gasteiger partial charge in [-0.05, 0) is 55.7 Å². The number of hydrogen-bond acceptors (Lipinski definition) is 2. The minimum atomic E-state index is -1.42. The lowest BCUT2D eigenvalue weighted by atomic mass is 9.97. The first-order valence-corrected chi connectivity index (χ1v) is 9.33. The second kappa shape index (κ2) is 6.84. The average molecular weight is 406 g/mol. The highest BCUT2D eigenvalue weighted by Crippen LogP contribution is 2.34. The van der Waals surface area contributed by atoms with Gasteiger partial charge in [-0.1, -0.05) is 35.8 Å². The Labute approximate surface area is 168 Å². The van der Waals surface area contributed by atoms with Crippen LogP contribution in [0.4, 0.5) is 4.39 Å². The van der Waals surface area contributed by atoms with Crippen molar-refractivity contribution in [2.75, 3.05) is 0 Å². The smallest absolute Gasteiger partial charge is 0.130 e. The molecule has 0 radical (unpaired) electrons. The van der Waals surface area contributed by atoms with Crippen molar-refractivity contribution < 1.29 is 4.39 Å². The predicted molar refractivity (Wildman–Crippen MR) is 112 cm³/mol. The Morgan fingerprint density at radius 1 is 1.30 bits per heavy atom. The van der Waals surface area contributed by atoms with Gasteiger partial charge in [-0.2, -0.15) is 0 Å². The standard InChI is InChI=1S/C21H22Cl2FN3/c1-11-8-13(21(3,4)24)9-17-20(11)26-18(27(17)5)10-15-16(22)7-6-14(12(2)25)19(15)23/h6-9H,2,10,25H2,1,3-5H3. The van der Waals surface area contributed by atoms with E-state index in [4.69, 9.17) is 33.9 Å². The van der Waals surface area contributed by atoms with Crippen LogP contribution in [0.15, 0.2) is 30.8 Å². The molecule has 0 aliphatic heterocycles. The Balaban J connectivity index is 2.15. The molecule has 142 valence electrons. The number of halogens is 3. The molecule has 0 bridgehead atoms. The maximum absolute atomic E-state index is 14.5. The summed E-state index contributed by atoms with van der Waals surface area (Å²) in [6, 6.07) is 7.21. The quantitative estimate of drug-likeness (QED) is 0.585. The number of imidazole rings is 1. The van der Waals surface area contributed by atoms with Gasteiger partial charge in [0.1, 0.15) is 11.5 Å². The third-order valence-corrected chi connectivity index (χ3v) is 5.61. The van der Waals surface area contributed by atoms with Crippen LogP contribution in [0.1, 0.15) is 41.9 Å². The zero-order valence-corrected chi connectivity index (χ0v) is 17.3. The first kappa shape index (κ1) is 19.7. The Kier molecular flexibility index (Phi) is 5.00. The average Bonchev–Trinajstić information content (AvgIpc) is 2.87. The van der Waals surface area contributed by atoms with Gasteiger partial charge < -0.3 is 10.3 Å². The van der Waals surface area contributed by atoms with E-state index in [9.17, 15) is 4.39 Å². The predicted octanol–water partition coefficient (Wildman–Crippen LogP) is 5.91. The highest BCUT2D eigenvalue weighted by Gasteiger charge is 2.22. The van der Waals surface area contributed by atoms with Crippen molar-refractivity contribution in [1.82, 2.24) is 9.55 Å². The Bertz CT molecular complexity index is 1060. The van der Waals surface area contributed by atoms with Crippen LogP contribution in [0.3, 0.4) is 0 Å². The van der Waals surface area contributed by atoms with Crippen molar-refractivity contribution in [3.05, 3.63) is 69.0 Å². The number of aryl methyl sites for hydroxylation is 2. The number of nitrogens with two attached hydrogens (primary N) is 1. The molecule has 2 N–H and O–H groups in total. The van der Waals surface area contributed by atoms with E-state index in [-0.39, 0.29) is 0 Å². The summed E-state index contributed by atoms with van der Waals surface area (Å²) < 4.78 is 16.4. The summed E-state index contributed by atoms with van der Waals surface area (Å²) >= 11 is 12.9. The van der Waals surface area contributed by atoms with Crippen LogP contribution in [0.5, 0.6) is 0 Å². The summed E-state index contributed by atoms with van der Waals surface area (Å²) in [5.41, 5.74) is 9.44. The largest absolute Gasteiger partial charge is 0.399 e. The van der Waals surface area contributed by atoms with Crippen LogP contribution in [-0.2, 0) is 19.1 Å². The molecule has 0 fully saturated rings. The number of aromatic nitrogens is 2. The van der Waals surface area contributed by atoms with Crippen molar-refractivity contribution >= 4 is 39.9 Å². The van der Waals surface area contributed by atoms with Gasteiger partial charge in [0.2, 0.25) is 0 Å². The Hall–Kier alpha value is -2.04. The summed E-state index contributed by atoms with van der Waals surface area (Å²) in [5, 5.41) is 1.02. The molecule has 3 aromatic rings. The fourth-order valence-corrected chi connectivity index (χ4v) is 3.80. The third kappa shape index (κ3) is 3.56. The van der Waals surface area contributed by atoms with E-state index in [0.29, 0.717) is 33.3 Å². The van der Waals surface area contributed by atoms with Gasteiger partial charge in [0.15, 0.2) is 0 Å². The van der Waals surface area contributed by atoms with Gasteiger partial charge in [-0.25, -0.2) is 9.37 Å². The fraction of sp³-hybridized carbons (Fsp3) is 0.286. The molecule has 0 saturated heterocycles. The monoisotopic (exact) mass is 405 g/mol. The molecule has 0 spiro atoms. The molecular formula is C21H22Cl2FN3. The highest BCUT2D eigenvalue weighted by molar-refractivity contribution is 6.37. The van der Waals surface area contributed by atoms with Crippen LogP contribution in [-0.4, -0.2) is 9.55 Å². The minimum Gasteiger partial charge on any atom is -0.399 e. The van der Waals surface area contributed by atoms with Gasteiger partial charge in [-0.3, -0.25) is 0 Å². The van der Waals surface area contributed by atoms with E-state index in [2.05, 4.69) is 6.58 Å². The van der Waals surface area contributed by atoms with Gasteiger partial charge in [0, 0.05) is 29.8 Å². The maximum atomic E-state index is 14.5. The van der Waals surface area contributed by atoms with E-state index >= 15 is 0 Å². The second-order valence-electron chi connectivity index (χ2n) is 7.31. The van der Waals surface area contributed by atoms with Crippen LogP contribution < -0.4 is 5.73 Å². The maximum Gasteiger partial charge on any atom is 0.130 e. The second-order valence-corrected chi connectivity index (χ2v) is 8.10. The van der Waals surface area contributed by atoms with E-state index in [1.807, 2.05) is 30.7 Å². The lowest BCUT2D eigenvalue weighted by Crippen LogP contribution is -2.09. The van der Waals surface area contributed by atoms with Crippen LogP contribution in [0, 0.1) is 6.92 Å². The molecule has 0 unspecified atom stereocenters. The fourth-order valence-electron chi connectivity index (χ4n) is 3.17. The van der Waals surface area contributed by atoms with Crippen LogP contribution in [0.2, 0.25) is 10.0 Å². The van der Waals surface area contributed by atoms with Gasteiger partial charge in [0.25, 0.3) is 0 Å². The van der Waals surface area contributed by atoms with Gasteiger partial charge in [0.05, 0.1) is 16.1 Å². The molecule has 3 nitrogen and oxygen atoms in total. The minimum absolute atomic E-state index is 0.383. The van der Waals surface area contributed by atoms with Crippen LogP contribution in [0.25, 0.3) is 16.7 Å². The van der Waals surface area contributed by atoms with Crippen molar-refractivity contribution in [2.24, 2.45) is 12.8 Å². The van der Waals surface area contributed by atoms with Gasteiger partial charge >= 0.3 is 0 Å². The molecule has 3 rings (SSSR count). The number of benzene rings is 2. The molecule has 0 amide bonds. The summed E-state index contributed by atoms with van der Waals surface area (Å²) in [5.74, 6) is 0.783. The van der Waals surface area contributed by atoms with Crippen molar-refractivity contribution in [1.29, 1.82) is 0 Å². The lowest BCUT2D eigenvalue weighted by molar-refractivity contribution is 0.221. The van der Waals surface area contributed by atoms with Crippen molar-refractivity contribution in [3.8, 4) is 0 Å². The topological polar surface area (TPSA) is 43.8 Å². The van der Waals surface area contributed by atoms with E-state index in [1.54, 1.807) is 26.0 Å². The first-order valence-electron chi connectivity index (χ1n) is 8.57. The molecule has 1 aromatic heterocycles. The number of fused-ring (bicyclic) bond motifs is 1. The number of hydrogen-bond donors (Lipinski definition) is 1. The normalized spacial score (nSPS) is 12.0. The highest BCUT2D eigenvalue weighted by atomic mass is 35.5. The number of alkyl halides is 1. The molecule has 0 aliphatic carbocycles. The Morgan fingerprint density at radius 2 is 1.96 bits per heavy atom. The lowest BCUT2D eigenvalue weighted by Gasteiger charge is -2.16. The van der Waals surface area contributed by atoms with E-state index < -0.39 is 5.67 Å². The number of rotatable bonds is 4. The third-order valence-electron chi connectivity index (χ3n) is 4.82. The van der Waals surface area contributed by atoms with Crippen molar-refractivity contribution in [2.45, 2.75) is 32.9 Å². The SMILES string of the molecule is C=C(N)c1ccc(Cl)c(Cc2nc3c(C)cc(C(C)(C)F)cc3n2C)c1Cl. The molecule has 0 aliphatic rings. The summed E-state index contributed by atoms with van der Waals surface area (Å²) in [4.78, 5) is 4.76.